The molecule has 0 fully saturated rings. The van der Waals surface area contributed by atoms with E-state index in [-0.39, 0.29) is 19.1 Å². The monoisotopic (exact) mass is 443 g/mol. The van der Waals surface area contributed by atoms with Crippen LogP contribution < -0.4 is 15.6 Å². The van der Waals surface area contributed by atoms with Gasteiger partial charge in [-0.2, -0.15) is 0 Å². The second kappa shape index (κ2) is 10.9. The van der Waals surface area contributed by atoms with Crippen molar-refractivity contribution >= 4 is 23.4 Å². The fourth-order valence-electron chi connectivity index (χ4n) is 3.09. The minimum Gasteiger partial charge on any atom is -0.494 e. The number of hydrazine groups is 1. The Morgan fingerprint density at radius 2 is 2.13 bits per heavy atom. The number of amides is 1. The van der Waals surface area contributed by atoms with Gasteiger partial charge in [0.2, 0.25) is 5.90 Å². The number of aliphatic hydroxyl groups excluding tert-OH is 1. The summed E-state index contributed by atoms with van der Waals surface area (Å²) in [6, 6.07) is 14.6. The van der Waals surface area contributed by atoms with Crippen LogP contribution in [0.3, 0.4) is 0 Å². The Balaban J connectivity index is 1.64. The van der Waals surface area contributed by atoms with Crippen LogP contribution >= 0.6 is 11.6 Å². The maximum absolute atomic E-state index is 12.9. The van der Waals surface area contributed by atoms with Crippen LogP contribution in [0, 0.1) is 0 Å². The summed E-state index contributed by atoms with van der Waals surface area (Å²) in [5, 5.41) is 9.47. The van der Waals surface area contributed by atoms with Gasteiger partial charge in [0.05, 0.1) is 6.61 Å². The average molecular weight is 444 g/mol. The lowest BCUT2D eigenvalue weighted by atomic mass is 9.97. The van der Waals surface area contributed by atoms with Gasteiger partial charge in [-0.25, -0.2) is 10.4 Å². The van der Waals surface area contributed by atoms with Crippen molar-refractivity contribution in [2.24, 2.45) is 4.99 Å². The number of nitrogens with one attached hydrogen (secondary N) is 2. The molecule has 0 saturated heterocycles. The van der Waals surface area contributed by atoms with Crippen molar-refractivity contribution in [2.45, 2.75) is 24.9 Å². The topological polar surface area (TPSA) is 92.2 Å². The molecule has 0 aromatic heterocycles. The van der Waals surface area contributed by atoms with E-state index < -0.39 is 5.54 Å². The maximum atomic E-state index is 12.9. The molecule has 0 bridgehead atoms. The molecule has 3 rings (SSSR count). The number of hydrogen-bond acceptors (Lipinski definition) is 6. The zero-order valence-corrected chi connectivity index (χ0v) is 17.9. The van der Waals surface area contributed by atoms with Crippen molar-refractivity contribution < 1.29 is 19.4 Å². The number of aliphatic imine (C=N–C) groups is 1. The van der Waals surface area contributed by atoms with Crippen molar-refractivity contribution in [1.29, 1.82) is 0 Å². The normalized spacial score (nSPS) is 17.5. The summed E-state index contributed by atoms with van der Waals surface area (Å²) in [4.78, 5) is 17.5. The van der Waals surface area contributed by atoms with Crippen molar-refractivity contribution in [1.82, 2.24) is 10.9 Å². The molecular formula is C23H26ClN3O4. The average Bonchev–Trinajstić information content (AvgIpc) is 3.20. The van der Waals surface area contributed by atoms with Crippen LogP contribution in [-0.2, 0) is 16.1 Å². The number of ether oxygens (including phenoxy) is 2. The molecule has 1 amide bonds. The van der Waals surface area contributed by atoms with E-state index in [0.29, 0.717) is 42.7 Å². The summed E-state index contributed by atoms with van der Waals surface area (Å²) in [5.74, 6) is 0.790. The van der Waals surface area contributed by atoms with Gasteiger partial charge in [-0.3, -0.25) is 10.2 Å². The molecule has 1 aliphatic heterocycles. The molecule has 0 radical (unpaired) electrons. The smallest absolute Gasteiger partial charge is 0.266 e. The van der Waals surface area contributed by atoms with E-state index in [1.54, 1.807) is 24.3 Å². The quantitative estimate of drug-likeness (QED) is 0.282. The largest absolute Gasteiger partial charge is 0.494 e. The van der Waals surface area contributed by atoms with Crippen LogP contribution in [0.2, 0.25) is 5.02 Å². The third kappa shape index (κ3) is 6.07. The molecule has 7 nitrogen and oxygen atoms in total. The highest BCUT2D eigenvalue weighted by atomic mass is 35.5. The summed E-state index contributed by atoms with van der Waals surface area (Å²) < 4.78 is 11.3. The molecule has 31 heavy (non-hydrogen) atoms. The predicted molar refractivity (Wildman–Crippen MR) is 120 cm³/mol. The minimum atomic E-state index is -1.09. The molecular weight excluding hydrogens is 418 g/mol. The van der Waals surface area contributed by atoms with Crippen LogP contribution in [-0.4, -0.2) is 42.3 Å². The molecule has 1 aliphatic rings. The van der Waals surface area contributed by atoms with Gasteiger partial charge in [-0.1, -0.05) is 29.8 Å². The van der Waals surface area contributed by atoms with Crippen LogP contribution in [0.15, 0.2) is 66.2 Å². The molecule has 2 aromatic rings. The van der Waals surface area contributed by atoms with E-state index in [1.165, 1.54) is 0 Å². The third-order valence-electron chi connectivity index (χ3n) is 4.72. The lowest BCUT2D eigenvalue weighted by molar-refractivity contribution is -0.127. The molecule has 0 unspecified atom stereocenters. The number of aliphatic hydroxyl groups is 1. The highest BCUT2D eigenvalue weighted by molar-refractivity contribution is 6.30. The van der Waals surface area contributed by atoms with Crippen molar-refractivity contribution in [3.63, 3.8) is 0 Å². The van der Waals surface area contributed by atoms with Gasteiger partial charge in [0.15, 0.2) is 5.54 Å². The van der Waals surface area contributed by atoms with Gasteiger partial charge in [0.25, 0.3) is 5.91 Å². The summed E-state index contributed by atoms with van der Waals surface area (Å²) in [6.45, 7) is 4.83. The van der Waals surface area contributed by atoms with Crippen LogP contribution in [0.1, 0.15) is 24.0 Å². The Labute approximate surface area is 186 Å². The van der Waals surface area contributed by atoms with E-state index in [2.05, 4.69) is 22.4 Å². The molecule has 3 N–H and O–H groups in total. The van der Waals surface area contributed by atoms with E-state index in [9.17, 15) is 4.79 Å². The zero-order chi connectivity index (χ0) is 22.1. The van der Waals surface area contributed by atoms with E-state index in [4.69, 9.17) is 26.2 Å². The number of rotatable bonds is 11. The Morgan fingerprint density at radius 1 is 1.32 bits per heavy atom. The van der Waals surface area contributed by atoms with Crippen LogP contribution in [0.4, 0.5) is 0 Å². The Morgan fingerprint density at radius 3 is 2.84 bits per heavy atom. The molecule has 1 atom stereocenters. The number of nitrogens with zero attached hydrogens (tertiary/aromatic N) is 1. The zero-order valence-electron chi connectivity index (χ0n) is 17.1. The molecule has 1 heterocycles. The standard InChI is InChI=1S/C23H26ClN3O4/c1-2-11-23(22(29)27-25-15-17-5-3-6-19(24)14-17)16-31-21(26-23)18-7-9-20(10-8-18)30-13-4-12-28/h2-3,5-10,14,25,28H,1,4,11-13,15-16H2,(H,27,29)/t23-/m0/s1. The molecule has 8 heteroatoms. The van der Waals surface area contributed by atoms with Crippen LogP contribution in [0.25, 0.3) is 0 Å². The predicted octanol–water partition coefficient (Wildman–Crippen LogP) is 3.01. The SMILES string of the molecule is C=CC[C@@]1(C(=O)NNCc2cccc(Cl)c2)COC(c2ccc(OCCCO)cc2)=N1. The highest BCUT2D eigenvalue weighted by Crippen LogP contribution is 2.27. The number of hydrogen-bond donors (Lipinski definition) is 3. The van der Waals surface area contributed by atoms with Crippen molar-refractivity contribution in [3.8, 4) is 5.75 Å². The molecule has 0 spiro atoms. The number of benzene rings is 2. The lowest BCUT2D eigenvalue weighted by Gasteiger charge is -2.21. The fourth-order valence-corrected chi connectivity index (χ4v) is 3.30. The van der Waals surface area contributed by atoms with E-state index in [0.717, 1.165) is 11.1 Å². The fraction of sp³-hybridized carbons (Fsp3) is 0.304. The molecule has 2 aromatic carbocycles. The van der Waals surface area contributed by atoms with Crippen molar-refractivity contribution in [2.75, 3.05) is 19.8 Å². The molecule has 0 aliphatic carbocycles. The van der Waals surface area contributed by atoms with Crippen LogP contribution in [0.5, 0.6) is 5.75 Å². The van der Waals surface area contributed by atoms with Gasteiger partial charge < -0.3 is 14.6 Å². The Hall–Kier alpha value is -2.87. The van der Waals surface area contributed by atoms with Gasteiger partial charge >= 0.3 is 0 Å². The van der Waals surface area contributed by atoms with Gasteiger partial charge in [0, 0.05) is 36.6 Å². The first kappa shape index (κ1) is 22.8. The summed E-state index contributed by atoms with van der Waals surface area (Å²) in [5.41, 5.74) is 6.25. The van der Waals surface area contributed by atoms with Gasteiger partial charge in [-0.05, 0) is 42.0 Å². The van der Waals surface area contributed by atoms with E-state index >= 15 is 0 Å². The number of carbonyl (C=O) groups is 1. The molecule has 0 saturated carbocycles. The first-order valence-electron chi connectivity index (χ1n) is 10.0. The molecule has 164 valence electrons. The second-order valence-corrected chi connectivity index (χ2v) is 7.55. The lowest BCUT2D eigenvalue weighted by Crippen LogP contribution is -2.51. The van der Waals surface area contributed by atoms with E-state index in [1.807, 2.05) is 30.3 Å². The highest BCUT2D eigenvalue weighted by Gasteiger charge is 2.43. The van der Waals surface area contributed by atoms with Crippen molar-refractivity contribution in [3.05, 3.63) is 77.3 Å². The van der Waals surface area contributed by atoms with Gasteiger partial charge in [0.1, 0.15) is 12.4 Å². The minimum absolute atomic E-state index is 0.0874. The number of halogens is 1. The first-order valence-corrected chi connectivity index (χ1v) is 10.4. The van der Waals surface area contributed by atoms with Gasteiger partial charge in [-0.15, -0.1) is 6.58 Å². The number of carbonyl (C=O) groups excluding carboxylic acids is 1. The Bertz CT molecular complexity index is 933. The summed E-state index contributed by atoms with van der Waals surface area (Å²) in [7, 11) is 0. The Kier molecular flexibility index (Phi) is 8.06. The second-order valence-electron chi connectivity index (χ2n) is 7.12. The first-order chi connectivity index (χ1) is 15.1. The maximum Gasteiger partial charge on any atom is 0.266 e. The summed E-state index contributed by atoms with van der Waals surface area (Å²) in [6.07, 6.45) is 2.57. The summed E-state index contributed by atoms with van der Waals surface area (Å²) >= 11 is 5.99. The third-order valence-corrected chi connectivity index (χ3v) is 4.96.